The number of hydrogen-bond acceptors (Lipinski definition) is 5. The lowest BCUT2D eigenvalue weighted by Gasteiger charge is -2.28. The maximum atomic E-state index is 11.0. The monoisotopic (exact) mass is 400 g/mol. The summed E-state index contributed by atoms with van der Waals surface area (Å²) in [6.45, 7) is 3.77. The highest BCUT2D eigenvalue weighted by Crippen LogP contribution is 2.50. The average Bonchev–Trinajstić information content (AvgIpc) is 3.27. The second-order valence-electron chi connectivity index (χ2n) is 8.18. The molecule has 152 valence electrons. The van der Waals surface area contributed by atoms with Crippen LogP contribution >= 0.6 is 0 Å². The molecule has 0 spiro atoms. The number of carboxylic acid groups (broad SMARTS) is 1. The quantitative estimate of drug-likeness (QED) is 0.656. The lowest BCUT2D eigenvalue weighted by Crippen LogP contribution is -2.34. The summed E-state index contributed by atoms with van der Waals surface area (Å²) in [5.41, 5.74) is 2.66. The third-order valence-electron chi connectivity index (χ3n) is 6.22. The van der Waals surface area contributed by atoms with E-state index in [0.717, 1.165) is 32.0 Å². The van der Waals surface area contributed by atoms with Gasteiger partial charge in [0.25, 0.3) is 0 Å². The Hall–Kier alpha value is -3.25. The zero-order valence-electron chi connectivity index (χ0n) is 16.6. The smallest absolute Gasteiger partial charge is 0.356 e. The van der Waals surface area contributed by atoms with Gasteiger partial charge in [-0.2, -0.15) is 0 Å². The van der Waals surface area contributed by atoms with Gasteiger partial charge in [0.2, 0.25) is 0 Å². The molecule has 2 heterocycles. The normalized spacial score (nSPS) is 22.2. The summed E-state index contributed by atoms with van der Waals surface area (Å²) < 4.78 is 0. The van der Waals surface area contributed by atoms with Gasteiger partial charge in [0.05, 0.1) is 0 Å². The molecule has 1 aliphatic carbocycles. The van der Waals surface area contributed by atoms with Crippen molar-refractivity contribution in [2.45, 2.75) is 19.1 Å². The number of carbonyl (C=O) groups is 1. The van der Waals surface area contributed by atoms with Crippen LogP contribution < -0.4 is 4.90 Å². The molecule has 2 aliphatic rings. The molecular formula is C24H24N4O2. The largest absolute Gasteiger partial charge is 0.476 e. The number of rotatable bonds is 7. The SMILES string of the molecule is O=C(O)c1ccc(N2CC3C(C2)C3N(Cc2ccccc2)Cc2ccccc2)nn1. The minimum atomic E-state index is -1.05. The Bertz CT molecular complexity index is 957. The van der Waals surface area contributed by atoms with Crippen molar-refractivity contribution < 1.29 is 9.90 Å². The average molecular weight is 400 g/mol. The Balaban J connectivity index is 1.28. The number of benzene rings is 2. The molecule has 6 nitrogen and oxygen atoms in total. The van der Waals surface area contributed by atoms with Crippen molar-refractivity contribution in [1.82, 2.24) is 15.1 Å². The molecule has 1 saturated carbocycles. The summed E-state index contributed by atoms with van der Waals surface area (Å²) in [7, 11) is 0. The van der Waals surface area contributed by atoms with Gasteiger partial charge in [0.1, 0.15) is 0 Å². The molecule has 1 N–H and O–H groups in total. The van der Waals surface area contributed by atoms with Gasteiger partial charge in [-0.05, 0) is 35.1 Å². The molecule has 0 bridgehead atoms. The highest BCUT2D eigenvalue weighted by molar-refractivity contribution is 5.85. The third kappa shape index (κ3) is 3.78. The first-order chi connectivity index (χ1) is 14.7. The molecule has 1 aliphatic heterocycles. The Morgan fingerprint density at radius 2 is 1.43 bits per heavy atom. The van der Waals surface area contributed by atoms with Crippen LogP contribution in [0.1, 0.15) is 21.6 Å². The molecule has 0 radical (unpaired) electrons. The van der Waals surface area contributed by atoms with Crippen LogP contribution in [0.25, 0.3) is 0 Å². The number of carboxylic acids is 1. The van der Waals surface area contributed by atoms with Crippen LogP contribution in [0.2, 0.25) is 0 Å². The van der Waals surface area contributed by atoms with Crippen molar-refractivity contribution >= 4 is 11.8 Å². The van der Waals surface area contributed by atoms with Gasteiger partial charge in [0.15, 0.2) is 11.5 Å². The van der Waals surface area contributed by atoms with Crippen molar-refractivity contribution in [2.24, 2.45) is 11.8 Å². The van der Waals surface area contributed by atoms with Crippen molar-refractivity contribution in [3.8, 4) is 0 Å². The lowest BCUT2D eigenvalue weighted by molar-refractivity contribution is 0.0689. The molecule has 1 saturated heterocycles. The van der Waals surface area contributed by atoms with E-state index in [1.54, 1.807) is 6.07 Å². The first kappa shape index (κ1) is 18.8. The van der Waals surface area contributed by atoms with E-state index in [-0.39, 0.29) is 5.69 Å². The van der Waals surface area contributed by atoms with Gasteiger partial charge in [-0.25, -0.2) is 4.79 Å². The van der Waals surface area contributed by atoms with E-state index in [0.29, 0.717) is 17.9 Å². The highest BCUT2D eigenvalue weighted by atomic mass is 16.4. The van der Waals surface area contributed by atoms with E-state index in [2.05, 4.69) is 80.7 Å². The number of piperidine rings is 1. The zero-order chi connectivity index (χ0) is 20.5. The van der Waals surface area contributed by atoms with E-state index in [4.69, 9.17) is 5.11 Å². The number of anilines is 1. The van der Waals surface area contributed by atoms with E-state index >= 15 is 0 Å². The minimum absolute atomic E-state index is 0.0159. The Kier molecular flexibility index (Phi) is 4.93. The number of nitrogens with zero attached hydrogens (tertiary/aromatic N) is 4. The molecular weight excluding hydrogens is 376 g/mol. The Labute approximate surface area is 175 Å². The van der Waals surface area contributed by atoms with E-state index in [1.807, 2.05) is 0 Å². The van der Waals surface area contributed by atoms with Gasteiger partial charge < -0.3 is 10.0 Å². The molecule has 3 aromatic rings. The van der Waals surface area contributed by atoms with Crippen LogP contribution in [0.5, 0.6) is 0 Å². The fourth-order valence-corrected chi connectivity index (χ4v) is 4.73. The summed E-state index contributed by atoms with van der Waals surface area (Å²) in [6, 6.07) is 25.2. The third-order valence-corrected chi connectivity index (χ3v) is 6.22. The Morgan fingerprint density at radius 3 is 1.90 bits per heavy atom. The second kappa shape index (κ2) is 7.88. The van der Waals surface area contributed by atoms with Crippen molar-refractivity contribution in [1.29, 1.82) is 0 Å². The molecule has 2 unspecified atom stereocenters. The first-order valence-electron chi connectivity index (χ1n) is 10.3. The van der Waals surface area contributed by atoms with E-state index in [9.17, 15) is 4.79 Å². The Morgan fingerprint density at radius 1 is 0.867 bits per heavy atom. The summed E-state index contributed by atoms with van der Waals surface area (Å²) in [5, 5.41) is 17.0. The maximum Gasteiger partial charge on any atom is 0.356 e. The summed E-state index contributed by atoms with van der Waals surface area (Å²) in [5.74, 6) is 0.941. The number of fused-ring (bicyclic) bond motifs is 1. The van der Waals surface area contributed by atoms with Crippen LogP contribution in [0.4, 0.5) is 5.82 Å². The predicted octanol–water partition coefficient (Wildman–Crippen LogP) is 3.31. The standard InChI is InChI=1S/C24H24N4O2/c29-24(30)21-11-12-22(26-25-21)27-15-19-20(16-27)23(19)28(13-17-7-3-1-4-8-17)14-18-9-5-2-6-10-18/h1-12,19-20,23H,13-16H2,(H,29,30). The first-order valence-corrected chi connectivity index (χ1v) is 10.3. The van der Waals surface area contributed by atoms with Crippen LogP contribution in [-0.2, 0) is 13.1 Å². The minimum Gasteiger partial charge on any atom is -0.476 e. The second-order valence-corrected chi connectivity index (χ2v) is 8.18. The van der Waals surface area contributed by atoms with Gasteiger partial charge >= 0.3 is 5.97 Å². The molecule has 0 amide bonds. The zero-order valence-corrected chi connectivity index (χ0v) is 16.6. The van der Waals surface area contributed by atoms with Gasteiger partial charge in [-0.15, -0.1) is 10.2 Å². The molecule has 1 aromatic heterocycles. The van der Waals surface area contributed by atoms with Crippen LogP contribution in [0, 0.1) is 11.8 Å². The van der Waals surface area contributed by atoms with Gasteiger partial charge in [-0.1, -0.05) is 60.7 Å². The molecule has 6 heteroatoms. The molecule has 5 rings (SSSR count). The van der Waals surface area contributed by atoms with Crippen LogP contribution in [0.15, 0.2) is 72.8 Å². The fraction of sp³-hybridized carbons (Fsp3) is 0.292. The van der Waals surface area contributed by atoms with Crippen molar-refractivity contribution in [3.63, 3.8) is 0 Å². The van der Waals surface area contributed by atoms with Crippen molar-refractivity contribution in [3.05, 3.63) is 89.6 Å². The highest BCUT2D eigenvalue weighted by Gasteiger charge is 2.58. The number of aromatic nitrogens is 2. The van der Waals surface area contributed by atoms with E-state index < -0.39 is 5.97 Å². The maximum absolute atomic E-state index is 11.0. The number of aromatic carboxylic acids is 1. The molecule has 2 aromatic carbocycles. The molecule has 2 atom stereocenters. The molecule has 30 heavy (non-hydrogen) atoms. The topological polar surface area (TPSA) is 69.6 Å². The van der Waals surface area contributed by atoms with Crippen LogP contribution in [0.3, 0.4) is 0 Å². The lowest BCUT2D eigenvalue weighted by atomic mass is 10.1. The number of hydrogen-bond donors (Lipinski definition) is 1. The van der Waals surface area contributed by atoms with Gasteiger partial charge in [0, 0.05) is 32.2 Å². The van der Waals surface area contributed by atoms with Gasteiger partial charge in [-0.3, -0.25) is 4.90 Å². The van der Waals surface area contributed by atoms with E-state index in [1.165, 1.54) is 17.2 Å². The summed E-state index contributed by atoms with van der Waals surface area (Å²) >= 11 is 0. The molecule has 2 fully saturated rings. The van der Waals surface area contributed by atoms with Crippen molar-refractivity contribution in [2.75, 3.05) is 18.0 Å². The fourth-order valence-electron chi connectivity index (χ4n) is 4.73. The summed E-state index contributed by atoms with van der Waals surface area (Å²) in [4.78, 5) is 15.8. The predicted molar refractivity (Wildman–Crippen MR) is 114 cm³/mol. The van der Waals surface area contributed by atoms with Crippen LogP contribution in [-0.4, -0.2) is 45.3 Å². The summed E-state index contributed by atoms with van der Waals surface area (Å²) in [6.07, 6.45) is 0.